The molecule has 1 rings (SSSR count). The Balaban J connectivity index is 2.55. The van der Waals surface area contributed by atoms with Crippen molar-refractivity contribution in [1.82, 2.24) is 10.2 Å². The molecule has 0 aromatic rings. The lowest BCUT2D eigenvalue weighted by molar-refractivity contribution is 0.102. The molecular formula is C17H36N2. The molecule has 1 fully saturated rings. The predicted molar refractivity (Wildman–Crippen MR) is 85.7 cm³/mol. The third-order valence-electron chi connectivity index (χ3n) is 4.43. The summed E-state index contributed by atoms with van der Waals surface area (Å²) in [6.45, 7) is 16.6. The first-order chi connectivity index (χ1) is 8.76. The first kappa shape index (κ1) is 17.0. The minimum absolute atomic E-state index is 0.241. The highest BCUT2D eigenvalue weighted by molar-refractivity contribution is 4.94. The standard InChI is InChI=1S/C17H36N2/c1-7-8-9-10-12-19-13-11-16(3,4)18-17(5,6)14-15(19)2/h15,18H,7-14H2,1-6H3. The molecule has 0 spiro atoms. The van der Waals surface area contributed by atoms with Crippen LogP contribution in [0.2, 0.25) is 0 Å². The summed E-state index contributed by atoms with van der Waals surface area (Å²) in [5.41, 5.74) is 0.496. The molecule has 1 saturated heterocycles. The first-order valence-electron chi connectivity index (χ1n) is 8.29. The molecule has 0 aliphatic carbocycles. The van der Waals surface area contributed by atoms with E-state index in [0.717, 1.165) is 0 Å². The Labute approximate surface area is 121 Å². The van der Waals surface area contributed by atoms with Crippen molar-refractivity contribution in [3.63, 3.8) is 0 Å². The minimum atomic E-state index is 0.241. The number of nitrogens with one attached hydrogen (secondary N) is 1. The molecule has 2 nitrogen and oxygen atoms in total. The van der Waals surface area contributed by atoms with Crippen molar-refractivity contribution in [2.75, 3.05) is 13.1 Å². The van der Waals surface area contributed by atoms with Crippen LogP contribution in [0.5, 0.6) is 0 Å². The van der Waals surface area contributed by atoms with Crippen LogP contribution in [0.4, 0.5) is 0 Å². The molecule has 1 atom stereocenters. The third-order valence-corrected chi connectivity index (χ3v) is 4.43. The van der Waals surface area contributed by atoms with Gasteiger partial charge in [0, 0.05) is 23.7 Å². The van der Waals surface area contributed by atoms with Crippen molar-refractivity contribution >= 4 is 0 Å². The summed E-state index contributed by atoms with van der Waals surface area (Å²) in [6, 6.07) is 0.695. The Hall–Kier alpha value is -0.0800. The second-order valence-corrected chi connectivity index (χ2v) is 7.79. The van der Waals surface area contributed by atoms with E-state index >= 15 is 0 Å². The van der Waals surface area contributed by atoms with Crippen molar-refractivity contribution in [1.29, 1.82) is 0 Å². The quantitative estimate of drug-likeness (QED) is 0.752. The predicted octanol–water partition coefficient (Wildman–Crippen LogP) is 4.20. The maximum atomic E-state index is 3.84. The first-order valence-corrected chi connectivity index (χ1v) is 8.29. The van der Waals surface area contributed by atoms with Gasteiger partial charge in [-0.1, -0.05) is 26.2 Å². The van der Waals surface area contributed by atoms with Crippen LogP contribution in [0.3, 0.4) is 0 Å². The molecule has 0 aromatic heterocycles. The molecule has 19 heavy (non-hydrogen) atoms. The van der Waals surface area contributed by atoms with Crippen molar-refractivity contribution in [2.24, 2.45) is 0 Å². The summed E-state index contributed by atoms with van der Waals surface area (Å²) in [6.07, 6.45) is 7.97. The van der Waals surface area contributed by atoms with Crippen LogP contribution < -0.4 is 5.32 Å². The van der Waals surface area contributed by atoms with Gasteiger partial charge in [-0.2, -0.15) is 0 Å². The summed E-state index contributed by atoms with van der Waals surface area (Å²) in [4.78, 5) is 2.72. The van der Waals surface area contributed by atoms with Gasteiger partial charge in [-0.05, 0) is 60.4 Å². The van der Waals surface area contributed by atoms with E-state index in [9.17, 15) is 0 Å². The Morgan fingerprint density at radius 1 is 1.05 bits per heavy atom. The van der Waals surface area contributed by atoms with Gasteiger partial charge in [0.05, 0.1) is 0 Å². The molecule has 0 saturated carbocycles. The number of nitrogens with zero attached hydrogens (tertiary/aromatic N) is 1. The molecule has 1 N–H and O–H groups in total. The van der Waals surface area contributed by atoms with Crippen LogP contribution in [0.25, 0.3) is 0 Å². The summed E-state index contributed by atoms with van der Waals surface area (Å²) >= 11 is 0. The van der Waals surface area contributed by atoms with Crippen LogP contribution in [0.1, 0.15) is 80.1 Å². The molecule has 0 amide bonds. The van der Waals surface area contributed by atoms with Gasteiger partial charge in [0.15, 0.2) is 0 Å². The fraction of sp³-hybridized carbons (Fsp3) is 1.00. The van der Waals surface area contributed by atoms with Gasteiger partial charge in [0.1, 0.15) is 0 Å². The van der Waals surface area contributed by atoms with Crippen LogP contribution in [0.15, 0.2) is 0 Å². The average molecular weight is 268 g/mol. The largest absolute Gasteiger partial charge is 0.307 e. The number of unbranched alkanes of at least 4 members (excludes halogenated alkanes) is 3. The fourth-order valence-corrected chi connectivity index (χ4v) is 3.61. The van der Waals surface area contributed by atoms with Crippen molar-refractivity contribution in [3.8, 4) is 0 Å². The topological polar surface area (TPSA) is 15.3 Å². The van der Waals surface area contributed by atoms with Gasteiger partial charge in [0.2, 0.25) is 0 Å². The molecule has 1 unspecified atom stereocenters. The van der Waals surface area contributed by atoms with Crippen molar-refractivity contribution in [2.45, 2.75) is 97.2 Å². The van der Waals surface area contributed by atoms with E-state index in [0.29, 0.717) is 6.04 Å². The molecule has 0 bridgehead atoms. The van der Waals surface area contributed by atoms with Crippen molar-refractivity contribution in [3.05, 3.63) is 0 Å². The molecule has 1 heterocycles. The molecule has 114 valence electrons. The van der Waals surface area contributed by atoms with Gasteiger partial charge in [0.25, 0.3) is 0 Å². The smallest absolute Gasteiger partial charge is 0.0144 e. The lowest BCUT2D eigenvalue weighted by Crippen LogP contribution is -2.58. The lowest BCUT2D eigenvalue weighted by Gasteiger charge is -2.45. The zero-order valence-corrected chi connectivity index (χ0v) is 14.2. The molecule has 0 aromatic carbocycles. The van der Waals surface area contributed by atoms with E-state index in [1.54, 1.807) is 0 Å². The van der Waals surface area contributed by atoms with Gasteiger partial charge in [-0.3, -0.25) is 0 Å². The zero-order valence-electron chi connectivity index (χ0n) is 14.2. The molecule has 1 aliphatic rings. The molecule has 2 heteroatoms. The molecular weight excluding hydrogens is 232 g/mol. The van der Waals surface area contributed by atoms with E-state index in [4.69, 9.17) is 0 Å². The lowest BCUT2D eigenvalue weighted by atomic mass is 9.87. The Morgan fingerprint density at radius 3 is 2.37 bits per heavy atom. The van der Waals surface area contributed by atoms with E-state index in [2.05, 4.69) is 51.8 Å². The van der Waals surface area contributed by atoms with Gasteiger partial charge >= 0.3 is 0 Å². The van der Waals surface area contributed by atoms with E-state index < -0.39 is 0 Å². The Morgan fingerprint density at radius 2 is 1.74 bits per heavy atom. The number of hydrogen-bond donors (Lipinski definition) is 1. The molecule has 1 aliphatic heterocycles. The van der Waals surface area contributed by atoms with Gasteiger partial charge < -0.3 is 10.2 Å². The number of rotatable bonds is 5. The van der Waals surface area contributed by atoms with Crippen LogP contribution in [-0.4, -0.2) is 35.1 Å². The van der Waals surface area contributed by atoms with Crippen LogP contribution in [0, 0.1) is 0 Å². The summed E-state index contributed by atoms with van der Waals surface area (Å²) in [7, 11) is 0. The Kier molecular flexibility index (Phi) is 6.32. The van der Waals surface area contributed by atoms with Gasteiger partial charge in [-0.25, -0.2) is 0 Å². The van der Waals surface area contributed by atoms with Gasteiger partial charge in [-0.15, -0.1) is 0 Å². The number of hydrogen-bond acceptors (Lipinski definition) is 2. The maximum Gasteiger partial charge on any atom is 0.0144 e. The van der Waals surface area contributed by atoms with E-state index in [1.807, 2.05) is 0 Å². The summed E-state index contributed by atoms with van der Waals surface area (Å²) in [5, 5.41) is 3.84. The van der Waals surface area contributed by atoms with E-state index in [1.165, 1.54) is 51.6 Å². The second-order valence-electron chi connectivity index (χ2n) is 7.79. The highest BCUT2D eigenvalue weighted by atomic mass is 15.2. The van der Waals surface area contributed by atoms with E-state index in [-0.39, 0.29) is 11.1 Å². The minimum Gasteiger partial charge on any atom is -0.307 e. The monoisotopic (exact) mass is 268 g/mol. The summed E-state index contributed by atoms with van der Waals surface area (Å²) < 4.78 is 0. The zero-order chi connectivity index (χ0) is 14.5. The average Bonchev–Trinajstić information content (AvgIpc) is 2.24. The summed E-state index contributed by atoms with van der Waals surface area (Å²) in [5.74, 6) is 0. The van der Waals surface area contributed by atoms with Crippen LogP contribution in [-0.2, 0) is 0 Å². The van der Waals surface area contributed by atoms with Crippen molar-refractivity contribution < 1.29 is 0 Å². The highest BCUT2D eigenvalue weighted by Crippen LogP contribution is 2.25. The SMILES string of the molecule is CCCCCCN1CCC(C)(C)NC(C)(C)CC1C. The fourth-order valence-electron chi connectivity index (χ4n) is 3.61. The highest BCUT2D eigenvalue weighted by Gasteiger charge is 2.33. The normalized spacial score (nSPS) is 27.8. The third kappa shape index (κ3) is 6.27. The maximum absolute atomic E-state index is 3.84. The van der Waals surface area contributed by atoms with Crippen LogP contribution >= 0.6 is 0 Å². The second kappa shape index (κ2) is 7.08. The Bertz CT molecular complexity index is 258. The molecule has 0 radical (unpaired) electrons.